The minimum Gasteiger partial charge on any atom is -0.355 e. The molecule has 1 aromatic carbocycles. The zero-order valence-electron chi connectivity index (χ0n) is 16.8. The fraction of sp³-hybridized carbons (Fsp3) is 0.263. The summed E-state index contributed by atoms with van der Waals surface area (Å²) >= 11 is 0. The normalized spacial score (nSPS) is 17.1. The summed E-state index contributed by atoms with van der Waals surface area (Å²) in [5.41, 5.74) is -4.92. The van der Waals surface area contributed by atoms with Crippen molar-refractivity contribution in [3.63, 3.8) is 0 Å². The number of nitrogens with zero attached hydrogens (tertiary/aromatic N) is 3. The molecule has 2 aromatic rings. The smallest absolute Gasteiger partial charge is 0.355 e. The van der Waals surface area contributed by atoms with Crippen LogP contribution in [0.15, 0.2) is 47.6 Å². The summed E-state index contributed by atoms with van der Waals surface area (Å²) in [4.78, 5) is 42.5. The molecule has 0 bridgehead atoms. The second-order valence-electron chi connectivity index (χ2n) is 6.82. The molecule has 1 atom stereocenters. The van der Waals surface area contributed by atoms with Gasteiger partial charge in [-0.25, -0.2) is 18.1 Å². The van der Waals surface area contributed by atoms with Crippen molar-refractivity contribution >= 4 is 33.4 Å². The van der Waals surface area contributed by atoms with Crippen molar-refractivity contribution in [3.8, 4) is 0 Å². The van der Waals surface area contributed by atoms with Crippen molar-refractivity contribution in [3.05, 3.63) is 53.9 Å². The van der Waals surface area contributed by atoms with E-state index in [1.165, 1.54) is 37.3 Å². The summed E-state index contributed by atoms with van der Waals surface area (Å²) < 4.78 is 61.2. The standard InChI is InChI=1S/C19H17F3N4O5S/c1-11-17(28)26(13-3-5-14(6-4-13)32(30,31)19(20,21)22)18(29)25(11)10-12-7-8-24-9-15(12)16(27)23-2/h3-9,11H,10H2,1-2H3,(H,23,27). The number of carbonyl (C=O) groups excluding carboxylic acids is 3. The number of urea groups is 1. The minimum absolute atomic E-state index is 0.0864. The SMILES string of the molecule is CNC(=O)c1cnccc1CN1C(=O)N(c2ccc(S(=O)(=O)C(F)(F)F)cc2)C(=O)C1C. The second-order valence-corrected chi connectivity index (χ2v) is 8.76. The summed E-state index contributed by atoms with van der Waals surface area (Å²) in [5, 5.41) is 2.45. The maximum atomic E-state index is 12.9. The number of carbonyl (C=O) groups is 3. The highest BCUT2D eigenvalue weighted by atomic mass is 32.2. The molecule has 1 aliphatic heterocycles. The largest absolute Gasteiger partial charge is 0.501 e. The lowest BCUT2D eigenvalue weighted by atomic mass is 10.1. The van der Waals surface area contributed by atoms with Gasteiger partial charge < -0.3 is 10.2 Å². The average Bonchev–Trinajstić information content (AvgIpc) is 2.96. The van der Waals surface area contributed by atoms with Gasteiger partial charge in [0.2, 0.25) is 0 Å². The Bertz CT molecular complexity index is 1180. The second kappa shape index (κ2) is 8.22. The third-order valence-electron chi connectivity index (χ3n) is 4.92. The van der Waals surface area contributed by atoms with E-state index in [2.05, 4.69) is 10.3 Å². The van der Waals surface area contributed by atoms with E-state index in [4.69, 9.17) is 0 Å². The predicted octanol–water partition coefficient (Wildman–Crippen LogP) is 2.09. The molecule has 0 radical (unpaired) electrons. The van der Waals surface area contributed by atoms with Crippen molar-refractivity contribution in [2.45, 2.75) is 29.9 Å². The molecule has 0 aliphatic carbocycles. The molecular formula is C19H17F3N4O5S. The van der Waals surface area contributed by atoms with E-state index < -0.39 is 44.1 Å². The number of rotatable bonds is 5. The van der Waals surface area contributed by atoms with Crippen LogP contribution in [0.3, 0.4) is 0 Å². The maximum Gasteiger partial charge on any atom is 0.501 e. The van der Waals surface area contributed by atoms with Crippen LogP contribution in [0, 0.1) is 0 Å². The number of halogens is 3. The number of benzene rings is 1. The number of imide groups is 1. The van der Waals surface area contributed by atoms with Gasteiger partial charge in [0.25, 0.3) is 21.7 Å². The zero-order valence-corrected chi connectivity index (χ0v) is 17.6. The number of amides is 4. The number of aromatic nitrogens is 1. The molecule has 4 amide bonds. The van der Waals surface area contributed by atoms with Crippen LogP contribution in [0.4, 0.5) is 23.7 Å². The highest BCUT2D eigenvalue weighted by molar-refractivity contribution is 7.92. The maximum absolute atomic E-state index is 12.9. The van der Waals surface area contributed by atoms with Crippen molar-refractivity contribution in [1.82, 2.24) is 15.2 Å². The van der Waals surface area contributed by atoms with E-state index in [0.717, 1.165) is 17.0 Å². The van der Waals surface area contributed by atoms with Gasteiger partial charge in [-0.2, -0.15) is 13.2 Å². The fourth-order valence-electron chi connectivity index (χ4n) is 3.14. The van der Waals surface area contributed by atoms with E-state index >= 15 is 0 Å². The van der Waals surface area contributed by atoms with Gasteiger partial charge in [0.05, 0.1) is 16.1 Å². The topological polar surface area (TPSA) is 117 Å². The molecule has 170 valence electrons. The van der Waals surface area contributed by atoms with Gasteiger partial charge in [0.1, 0.15) is 6.04 Å². The number of pyridine rings is 1. The Morgan fingerprint density at radius 3 is 2.34 bits per heavy atom. The lowest BCUT2D eigenvalue weighted by Gasteiger charge is -2.20. The van der Waals surface area contributed by atoms with Gasteiger partial charge in [0.15, 0.2) is 0 Å². The van der Waals surface area contributed by atoms with Crippen LogP contribution >= 0.6 is 0 Å². The lowest BCUT2D eigenvalue weighted by Crippen LogP contribution is -2.34. The molecule has 1 aromatic heterocycles. The molecule has 32 heavy (non-hydrogen) atoms. The summed E-state index contributed by atoms with van der Waals surface area (Å²) in [6, 6.07) is 3.08. The van der Waals surface area contributed by atoms with Gasteiger partial charge in [0, 0.05) is 26.0 Å². The predicted molar refractivity (Wildman–Crippen MR) is 105 cm³/mol. The highest BCUT2D eigenvalue weighted by Gasteiger charge is 2.47. The van der Waals surface area contributed by atoms with Crippen LogP contribution in [0.2, 0.25) is 0 Å². The minimum atomic E-state index is -5.56. The first-order valence-corrected chi connectivity index (χ1v) is 10.6. The van der Waals surface area contributed by atoms with E-state index in [1.807, 2.05) is 0 Å². The molecule has 0 saturated carbocycles. The molecular weight excluding hydrogens is 453 g/mol. The van der Waals surface area contributed by atoms with Crippen LogP contribution in [0.1, 0.15) is 22.8 Å². The van der Waals surface area contributed by atoms with Gasteiger partial charge in [-0.1, -0.05) is 0 Å². The molecule has 2 heterocycles. The Balaban J connectivity index is 1.90. The zero-order chi connectivity index (χ0) is 23.8. The number of hydrogen-bond acceptors (Lipinski definition) is 6. The molecule has 13 heteroatoms. The molecule has 3 rings (SSSR count). The van der Waals surface area contributed by atoms with Crippen LogP contribution in [0.5, 0.6) is 0 Å². The van der Waals surface area contributed by atoms with Gasteiger partial charge in [-0.05, 0) is 42.8 Å². The Hall–Kier alpha value is -3.48. The van der Waals surface area contributed by atoms with Crippen molar-refractivity contribution in [2.75, 3.05) is 11.9 Å². The van der Waals surface area contributed by atoms with Crippen molar-refractivity contribution in [2.24, 2.45) is 0 Å². The molecule has 0 spiro atoms. The summed E-state index contributed by atoms with van der Waals surface area (Å²) in [6.07, 6.45) is 2.74. The van der Waals surface area contributed by atoms with E-state index in [9.17, 15) is 36.0 Å². The van der Waals surface area contributed by atoms with E-state index in [0.29, 0.717) is 17.7 Å². The van der Waals surface area contributed by atoms with Crippen LogP contribution in [-0.2, 0) is 21.2 Å². The monoisotopic (exact) mass is 470 g/mol. The molecule has 1 fully saturated rings. The van der Waals surface area contributed by atoms with Gasteiger partial charge >= 0.3 is 11.5 Å². The molecule has 1 saturated heterocycles. The third kappa shape index (κ3) is 3.90. The van der Waals surface area contributed by atoms with Crippen molar-refractivity contribution < 1.29 is 36.0 Å². The molecule has 1 aliphatic rings. The number of nitrogens with one attached hydrogen (secondary N) is 1. The first kappa shape index (κ1) is 23.2. The fourth-order valence-corrected chi connectivity index (χ4v) is 3.90. The van der Waals surface area contributed by atoms with Crippen LogP contribution in [-0.4, -0.2) is 54.7 Å². The molecule has 1 N–H and O–H groups in total. The Kier molecular flexibility index (Phi) is 5.96. The number of sulfone groups is 1. The summed E-state index contributed by atoms with van der Waals surface area (Å²) in [5.74, 6) is -1.09. The average molecular weight is 470 g/mol. The Labute approximate surface area is 180 Å². The van der Waals surface area contributed by atoms with Gasteiger partial charge in [-0.15, -0.1) is 0 Å². The summed E-state index contributed by atoms with van der Waals surface area (Å²) in [6.45, 7) is 1.36. The lowest BCUT2D eigenvalue weighted by molar-refractivity contribution is -0.119. The van der Waals surface area contributed by atoms with E-state index in [1.54, 1.807) is 0 Å². The Morgan fingerprint density at radius 1 is 1.16 bits per heavy atom. The summed E-state index contributed by atoms with van der Waals surface area (Å²) in [7, 11) is -4.14. The van der Waals surface area contributed by atoms with Crippen LogP contribution in [0.25, 0.3) is 0 Å². The number of hydrogen-bond donors (Lipinski definition) is 1. The highest BCUT2D eigenvalue weighted by Crippen LogP contribution is 2.33. The van der Waals surface area contributed by atoms with Crippen molar-refractivity contribution in [1.29, 1.82) is 0 Å². The molecule has 9 nitrogen and oxygen atoms in total. The number of alkyl halides is 3. The third-order valence-corrected chi connectivity index (χ3v) is 6.42. The first-order valence-electron chi connectivity index (χ1n) is 9.11. The number of anilines is 1. The van der Waals surface area contributed by atoms with Crippen LogP contribution < -0.4 is 10.2 Å². The molecule has 1 unspecified atom stereocenters. The van der Waals surface area contributed by atoms with E-state index in [-0.39, 0.29) is 17.8 Å². The quantitative estimate of drug-likeness (QED) is 0.669. The van der Waals surface area contributed by atoms with Gasteiger partial charge in [-0.3, -0.25) is 14.6 Å². The first-order chi connectivity index (χ1) is 14.9. The Morgan fingerprint density at radius 2 is 1.78 bits per heavy atom.